The molecule has 1 aliphatic heterocycles. The zero-order chi connectivity index (χ0) is 27.3. The van der Waals surface area contributed by atoms with E-state index >= 15 is 0 Å². The maximum atomic E-state index is 12.9. The highest BCUT2D eigenvalue weighted by Gasteiger charge is 2.32. The lowest BCUT2D eigenvalue weighted by Gasteiger charge is -2.28. The number of benzene rings is 2. The number of hydrogen-bond donors (Lipinski definition) is 1. The molecule has 38 heavy (non-hydrogen) atoms. The van der Waals surface area contributed by atoms with E-state index in [1.54, 1.807) is 37.6 Å². The monoisotopic (exact) mass is 520 g/mol. The summed E-state index contributed by atoms with van der Waals surface area (Å²) in [6, 6.07) is 15.7. The summed E-state index contributed by atoms with van der Waals surface area (Å²) in [4.78, 5) is 27.3. The Kier molecular flexibility index (Phi) is 8.36. The second-order valence-electron chi connectivity index (χ2n) is 9.80. The molecule has 0 bridgehead atoms. The van der Waals surface area contributed by atoms with Crippen LogP contribution in [0.5, 0.6) is 5.75 Å². The summed E-state index contributed by atoms with van der Waals surface area (Å²) in [5.74, 6) is -0.0798. The molecule has 9 nitrogen and oxygen atoms in total. The van der Waals surface area contributed by atoms with Crippen molar-refractivity contribution >= 4 is 17.6 Å². The highest BCUT2D eigenvalue weighted by molar-refractivity contribution is 5.93. The molecule has 3 aromatic rings. The van der Waals surface area contributed by atoms with Gasteiger partial charge in [0, 0.05) is 32.4 Å². The van der Waals surface area contributed by atoms with Gasteiger partial charge in [0.25, 0.3) is 5.91 Å². The predicted octanol–water partition coefficient (Wildman–Crippen LogP) is 3.88. The normalized spacial score (nSPS) is 13.8. The summed E-state index contributed by atoms with van der Waals surface area (Å²) in [6.45, 7) is 10.9. The lowest BCUT2D eigenvalue weighted by atomic mass is 10.1. The van der Waals surface area contributed by atoms with Gasteiger partial charge in [-0.05, 0) is 68.7 Å². The summed E-state index contributed by atoms with van der Waals surface area (Å²) in [7, 11) is 1.84. The lowest BCUT2D eigenvalue weighted by molar-refractivity contribution is -0.158. The smallest absolute Gasteiger partial charge is 0.349 e. The van der Waals surface area contributed by atoms with Crippen molar-refractivity contribution in [2.45, 2.75) is 39.8 Å². The van der Waals surface area contributed by atoms with Crippen LogP contribution in [-0.2, 0) is 27.9 Å². The van der Waals surface area contributed by atoms with Crippen LogP contribution in [0.25, 0.3) is 11.3 Å². The molecule has 202 valence electrons. The van der Waals surface area contributed by atoms with E-state index in [0.717, 1.165) is 54.4 Å². The molecule has 1 N–H and O–H groups in total. The van der Waals surface area contributed by atoms with Crippen LogP contribution in [0.15, 0.2) is 48.5 Å². The Balaban J connectivity index is 1.37. The minimum Gasteiger partial charge on any atom is -0.476 e. The van der Waals surface area contributed by atoms with Gasteiger partial charge in [0.15, 0.2) is 11.3 Å². The standard InChI is InChI=1S/C29H36N4O5/c1-6-37-28(35)29(3,4)38-26-12-7-21(17-20(26)2)19-30-27(34)24-18-25(32(5)31-24)22-8-10-23(11-9-22)33-13-15-36-16-14-33/h7-12,17-18H,6,13-16,19H2,1-5H3,(H,30,34). The van der Waals surface area contributed by atoms with E-state index in [1.807, 2.05) is 26.1 Å². The number of rotatable bonds is 9. The number of ether oxygens (including phenoxy) is 3. The van der Waals surface area contributed by atoms with Crippen LogP contribution in [0, 0.1) is 6.92 Å². The Labute approximate surface area is 223 Å². The second-order valence-corrected chi connectivity index (χ2v) is 9.80. The Morgan fingerprint density at radius 1 is 1.08 bits per heavy atom. The number of esters is 1. The summed E-state index contributed by atoms with van der Waals surface area (Å²) >= 11 is 0. The molecule has 1 aromatic heterocycles. The van der Waals surface area contributed by atoms with Crippen molar-refractivity contribution < 1.29 is 23.8 Å². The number of aryl methyl sites for hydroxylation is 2. The van der Waals surface area contributed by atoms with E-state index in [-0.39, 0.29) is 5.91 Å². The van der Waals surface area contributed by atoms with E-state index in [1.165, 1.54) is 0 Å². The van der Waals surface area contributed by atoms with Gasteiger partial charge in [-0.25, -0.2) is 4.79 Å². The largest absolute Gasteiger partial charge is 0.476 e. The molecule has 0 unspecified atom stereocenters. The molecule has 1 saturated heterocycles. The molecule has 0 aliphatic carbocycles. The minimum absolute atomic E-state index is 0.252. The molecule has 0 saturated carbocycles. The number of morpholine rings is 1. The van der Waals surface area contributed by atoms with E-state index in [2.05, 4.69) is 39.6 Å². The van der Waals surface area contributed by atoms with Crippen molar-refractivity contribution in [3.63, 3.8) is 0 Å². The molecular formula is C29H36N4O5. The number of nitrogens with one attached hydrogen (secondary N) is 1. The quantitative estimate of drug-likeness (QED) is 0.428. The number of hydrogen-bond acceptors (Lipinski definition) is 7. The third-order valence-corrected chi connectivity index (χ3v) is 6.48. The number of carbonyl (C=O) groups excluding carboxylic acids is 2. The van der Waals surface area contributed by atoms with Crippen molar-refractivity contribution in [2.75, 3.05) is 37.8 Å². The summed E-state index contributed by atoms with van der Waals surface area (Å²) in [5.41, 5.74) is 4.04. The number of nitrogens with zero attached hydrogens (tertiary/aromatic N) is 3. The van der Waals surface area contributed by atoms with Gasteiger partial charge in [-0.15, -0.1) is 0 Å². The summed E-state index contributed by atoms with van der Waals surface area (Å²) in [6.07, 6.45) is 0. The zero-order valence-corrected chi connectivity index (χ0v) is 22.7. The molecule has 1 fully saturated rings. The third-order valence-electron chi connectivity index (χ3n) is 6.48. The molecule has 2 aromatic carbocycles. The van der Waals surface area contributed by atoms with Crippen molar-refractivity contribution in [1.29, 1.82) is 0 Å². The average molecular weight is 521 g/mol. The third kappa shape index (κ3) is 6.34. The molecule has 0 atom stereocenters. The maximum absolute atomic E-state index is 12.9. The first-order valence-electron chi connectivity index (χ1n) is 12.9. The summed E-state index contributed by atoms with van der Waals surface area (Å²) < 4.78 is 18.2. The Morgan fingerprint density at radius 2 is 1.79 bits per heavy atom. The fourth-order valence-corrected chi connectivity index (χ4v) is 4.34. The Morgan fingerprint density at radius 3 is 2.45 bits per heavy atom. The first-order valence-corrected chi connectivity index (χ1v) is 12.9. The van der Waals surface area contributed by atoms with Gasteiger partial charge in [-0.3, -0.25) is 9.48 Å². The van der Waals surface area contributed by atoms with Gasteiger partial charge in [0.2, 0.25) is 0 Å². The Bertz CT molecular complexity index is 1280. The fraction of sp³-hybridized carbons (Fsp3) is 0.414. The topological polar surface area (TPSA) is 94.9 Å². The highest BCUT2D eigenvalue weighted by atomic mass is 16.6. The minimum atomic E-state index is -1.10. The van der Waals surface area contributed by atoms with E-state index in [9.17, 15) is 9.59 Å². The van der Waals surface area contributed by atoms with E-state index in [4.69, 9.17) is 14.2 Å². The molecule has 2 heterocycles. The van der Waals surface area contributed by atoms with Gasteiger partial charge in [0.05, 0.1) is 25.5 Å². The second kappa shape index (κ2) is 11.7. The molecule has 1 amide bonds. The molecular weight excluding hydrogens is 484 g/mol. The van der Waals surface area contributed by atoms with Gasteiger partial charge >= 0.3 is 5.97 Å². The van der Waals surface area contributed by atoms with Gasteiger partial charge in [-0.1, -0.05) is 24.3 Å². The first kappa shape index (κ1) is 27.2. The lowest BCUT2D eigenvalue weighted by Crippen LogP contribution is -2.39. The number of anilines is 1. The maximum Gasteiger partial charge on any atom is 0.349 e. The molecule has 1 aliphatic rings. The van der Waals surface area contributed by atoms with Gasteiger partial charge < -0.3 is 24.4 Å². The van der Waals surface area contributed by atoms with Crippen LogP contribution < -0.4 is 15.0 Å². The van der Waals surface area contributed by atoms with Crippen molar-refractivity contribution in [1.82, 2.24) is 15.1 Å². The highest BCUT2D eigenvalue weighted by Crippen LogP contribution is 2.26. The number of carbonyl (C=O) groups is 2. The van der Waals surface area contributed by atoms with E-state index < -0.39 is 11.6 Å². The SMILES string of the molecule is CCOC(=O)C(C)(C)Oc1ccc(CNC(=O)c2cc(-c3ccc(N4CCOCC4)cc3)n(C)n2)cc1C. The van der Waals surface area contributed by atoms with Crippen molar-refractivity contribution in [2.24, 2.45) is 7.05 Å². The van der Waals surface area contributed by atoms with Gasteiger partial charge in [-0.2, -0.15) is 5.10 Å². The van der Waals surface area contributed by atoms with Crippen molar-refractivity contribution in [3.05, 3.63) is 65.4 Å². The molecule has 9 heteroatoms. The van der Waals surface area contributed by atoms with Crippen LogP contribution >= 0.6 is 0 Å². The molecule has 0 spiro atoms. The van der Waals surface area contributed by atoms with Crippen LogP contribution in [-0.4, -0.2) is 60.2 Å². The van der Waals surface area contributed by atoms with E-state index in [0.29, 0.717) is 24.6 Å². The predicted molar refractivity (Wildman–Crippen MR) is 145 cm³/mol. The Hall–Kier alpha value is -3.85. The number of aromatic nitrogens is 2. The van der Waals surface area contributed by atoms with Crippen molar-refractivity contribution in [3.8, 4) is 17.0 Å². The summed E-state index contributed by atoms with van der Waals surface area (Å²) in [5, 5.41) is 7.37. The van der Waals surface area contributed by atoms with Crippen LogP contribution in [0.1, 0.15) is 42.4 Å². The number of amides is 1. The average Bonchev–Trinajstić information content (AvgIpc) is 3.31. The fourth-order valence-electron chi connectivity index (χ4n) is 4.34. The first-order chi connectivity index (χ1) is 18.2. The van der Waals surface area contributed by atoms with Crippen LogP contribution in [0.4, 0.5) is 5.69 Å². The molecule has 0 radical (unpaired) electrons. The zero-order valence-electron chi connectivity index (χ0n) is 22.7. The van der Waals surface area contributed by atoms with Crippen LogP contribution in [0.3, 0.4) is 0 Å². The van der Waals surface area contributed by atoms with Gasteiger partial charge in [0.1, 0.15) is 5.75 Å². The molecule has 4 rings (SSSR count). The van der Waals surface area contributed by atoms with Crippen LogP contribution in [0.2, 0.25) is 0 Å².